The Morgan fingerprint density at radius 1 is 1.50 bits per heavy atom. The number of phenols is 1. The Labute approximate surface area is 96.9 Å². The Kier molecular flexibility index (Phi) is 3.80. The van der Waals surface area contributed by atoms with Gasteiger partial charge in [-0.1, -0.05) is 12.1 Å². The molecule has 3 nitrogen and oxygen atoms in total. The predicted octanol–water partition coefficient (Wildman–Crippen LogP) is 1.79. The first-order chi connectivity index (χ1) is 7.75. The summed E-state index contributed by atoms with van der Waals surface area (Å²) < 4.78 is 0. The van der Waals surface area contributed by atoms with Gasteiger partial charge in [-0.3, -0.25) is 0 Å². The van der Waals surface area contributed by atoms with E-state index in [1.165, 1.54) is 12.8 Å². The summed E-state index contributed by atoms with van der Waals surface area (Å²) in [5, 5.41) is 16.4. The highest BCUT2D eigenvalue weighted by Gasteiger charge is 2.15. The van der Waals surface area contributed by atoms with Crippen LogP contribution in [0.3, 0.4) is 0 Å². The Hall–Kier alpha value is -1.06. The van der Waals surface area contributed by atoms with Crippen LogP contribution in [0.25, 0.3) is 0 Å². The average molecular weight is 220 g/mol. The zero-order valence-electron chi connectivity index (χ0n) is 9.74. The zero-order valence-corrected chi connectivity index (χ0v) is 9.74. The Morgan fingerprint density at radius 2 is 2.38 bits per heavy atom. The van der Waals surface area contributed by atoms with E-state index in [1.54, 1.807) is 6.07 Å². The quantitative estimate of drug-likeness (QED) is 0.727. The normalized spacial score (nSPS) is 22.9. The van der Waals surface area contributed by atoms with Crippen LogP contribution >= 0.6 is 0 Å². The molecule has 1 aliphatic heterocycles. The molecule has 1 aliphatic rings. The van der Waals surface area contributed by atoms with Crippen LogP contribution in [0, 0.1) is 0 Å². The number of piperidine rings is 1. The molecule has 0 saturated carbocycles. The average Bonchev–Trinajstić information content (AvgIpc) is 2.30. The molecule has 0 bridgehead atoms. The molecule has 0 spiro atoms. The third kappa shape index (κ3) is 2.97. The van der Waals surface area contributed by atoms with Crippen LogP contribution < -0.4 is 10.6 Å². The van der Waals surface area contributed by atoms with E-state index in [0.29, 0.717) is 11.8 Å². The summed E-state index contributed by atoms with van der Waals surface area (Å²) in [6.45, 7) is 4.32. The fourth-order valence-corrected chi connectivity index (χ4v) is 2.24. The lowest BCUT2D eigenvalue weighted by atomic mass is 10.0. The lowest BCUT2D eigenvalue weighted by Crippen LogP contribution is -2.43. The molecule has 0 amide bonds. The van der Waals surface area contributed by atoms with E-state index >= 15 is 0 Å². The predicted molar refractivity (Wildman–Crippen MR) is 65.5 cm³/mol. The van der Waals surface area contributed by atoms with Gasteiger partial charge in [0, 0.05) is 18.6 Å². The van der Waals surface area contributed by atoms with Gasteiger partial charge in [-0.2, -0.15) is 0 Å². The van der Waals surface area contributed by atoms with Gasteiger partial charge in [0.05, 0.1) is 0 Å². The fourth-order valence-electron chi connectivity index (χ4n) is 2.24. The van der Waals surface area contributed by atoms with Gasteiger partial charge in [-0.15, -0.1) is 0 Å². The van der Waals surface area contributed by atoms with Gasteiger partial charge in [0.25, 0.3) is 0 Å². The number of aromatic hydroxyl groups is 1. The summed E-state index contributed by atoms with van der Waals surface area (Å²) in [5.74, 6) is 0.341. The van der Waals surface area contributed by atoms with Crippen LogP contribution in [0.4, 0.5) is 0 Å². The van der Waals surface area contributed by atoms with Crippen molar-refractivity contribution in [3.05, 3.63) is 29.8 Å². The second-order valence-corrected chi connectivity index (χ2v) is 4.53. The molecule has 2 unspecified atom stereocenters. The summed E-state index contributed by atoms with van der Waals surface area (Å²) in [5.41, 5.74) is 1.14. The van der Waals surface area contributed by atoms with Crippen LogP contribution in [-0.4, -0.2) is 24.2 Å². The largest absolute Gasteiger partial charge is 0.508 e. The number of phenolic OH excluding ortho intramolecular Hbond substituents is 1. The van der Waals surface area contributed by atoms with Gasteiger partial charge in [0.1, 0.15) is 5.75 Å². The molecule has 3 heteroatoms. The fraction of sp³-hybridized carbons (Fsp3) is 0.538. The molecule has 0 aromatic heterocycles. The first-order valence-corrected chi connectivity index (χ1v) is 6.01. The number of nitrogens with one attached hydrogen (secondary N) is 2. The Morgan fingerprint density at radius 3 is 3.06 bits per heavy atom. The lowest BCUT2D eigenvalue weighted by molar-refractivity contribution is 0.361. The summed E-state index contributed by atoms with van der Waals surface area (Å²) in [7, 11) is 0. The second kappa shape index (κ2) is 5.32. The maximum absolute atomic E-state index is 9.43. The van der Waals surface area contributed by atoms with Crippen molar-refractivity contribution in [2.45, 2.75) is 31.8 Å². The van der Waals surface area contributed by atoms with Crippen molar-refractivity contribution in [1.29, 1.82) is 0 Å². The SMILES string of the molecule is CC(NC1CCCNC1)c1cccc(O)c1. The van der Waals surface area contributed by atoms with Crippen molar-refractivity contribution in [3.8, 4) is 5.75 Å². The molecular formula is C13H20N2O. The zero-order chi connectivity index (χ0) is 11.4. The Balaban J connectivity index is 1.94. The van der Waals surface area contributed by atoms with Crippen molar-refractivity contribution < 1.29 is 5.11 Å². The number of rotatable bonds is 3. The van der Waals surface area contributed by atoms with Gasteiger partial charge >= 0.3 is 0 Å². The first-order valence-electron chi connectivity index (χ1n) is 6.01. The van der Waals surface area contributed by atoms with E-state index in [1.807, 2.05) is 18.2 Å². The molecule has 1 heterocycles. The third-order valence-corrected chi connectivity index (χ3v) is 3.15. The van der Waals surface area contributed by atoms with Crippen molar-refractivity contribution >= 4 is 0 Å². The van der Waals surface area contributed by atoms with Gasteiger partial charge in [0.2, 0.25) is 0 Å². The van der Waals surface area contributed by atoms with E-state index in [2.05, 4.69) is 17.6 Å². The molecule has 1 fully saturated rings. The molecule has 0 aliphatic carbocycles. The molecule has 2 rings (SSSR count). The minimum atomic E-state index is 0.289. The van der Waals surface area contributed by atoms with E-state index in [4.69, 9.17) is 0 Å². The number of benzene rings is 1. The van der Waals surface area contributed by atoms with E-state index in [0.717, 1.165) is 18.7 Å². The minimum Gasteiger partial charge on any atom is -0.508 e. The maximum atomic E-state index is 9.43. The first kappa shape index (κ1) is 11.4. The topological polar surface area (TPSA) is 44.3 Å². The van der Waals surface area contributed by atoms with E-state index in [-0.39, 0.29) is 6.04 Å². The van der Waals surface area contributed by atoms with Gasteiger partial charge in [0.15, 0.2) is 0 Å². The maximum Gasteiger partial charge on any atom is 0.115 e. The van der Waals surface area contributed by atoms with Crippen LogP contribution in [0.15, 0.2) is 24.3 Å². The molecule has 1 aromatic rings. The Bertz CT molecular complexity index is 334. The second-order valence-electron chi connectivity index (χ2n) is 4.53. The van der Waals surface area contributed by atoms with Crippen LogP contribution in [0.5, 0.6) is 5.75 Å². The highest BCUT2D eigenvalue weighted by molar-refractivity contribution is 5.29. The molecule has 1 aromatic carbocycles. The van der Waals surface area contributed by atoms with E-state index < -0.39 is 0 Å². The van der Waals surface area contributed by atoms with Crippen molar-refractivity contribution in [3.63, 3.8) is 0 Å². The van der Waals surface area contributed by atoms with Gasteiger partial charge in [-0.25, -0.2) is 0 Å². The van der Waals surface area contributed by atoms with Crippen molar-refractivity contribution in [1.82, 2.24) is 10.6 Å². The smallest absolute Gasteiger partial charge is 0.115 e. The molecule has 3 N–H and O–H groups in total. The van der Waals surface area contributed by atoms with Gasteiger partial charge in [-0.05, 0) is 44.0 Å². The van der Waals surface area contributed by atoms with Crippen LogP contribution in [-0.2, 0) is 0 Å². The number of hydrogen-bond acceptors (Lipinski definition) is 3. The molecular weight excluding hydrogens is 200 g/mol. The van der Waals surface area contributed by atoms with E-state index in [9.17, 15) is 5.11 Å². The van der Waals surface area contributed by atoms with Crippen molar-refractivity contribution in [2.24, 2.45) is 0 Å². The molecule has 0 radical (unpaired) electrons. The van der Waals surface area contributed by atoms with Crippen molar-refractivity contribution in [2.75, 3.05) is 13.1 Å². The monoisotopic (exact) mass is 220 g/mol. The molecule has 1 saturated heterocycles. The summed E-state index contributed by atoms with van der Waals surface area (Å²) in [4.78, 5) is 0. The minimum absolute atomic E-state index is 0.289. The molecule has 2 atom stereocenters. The third-order valence-electron chi connectivity index (χ3n) is 3.15. The number of hydrogen-bond donors (Lipinski definition) is 3. The van der Waals surface area contributed by atoms with Gasteiger partial charge < -0.3 is 15.7 Å². The summed E-state index contributed by atoms with van der Waals surface area (Å²) in [6, 6.07) is 8.31. The highest BCUT2D eigenvalue weighted by atomic mass is 16.3. The van der Waals surface area contributed by atoms with Crippen LogP contribution in [0.2, 0.25) is 0 Å². The highest BCUT2D eigenvalue weighted by Crippen LogP contribution is 2.19. The van der Waals surface area contributed by atoms with Crippen LogP contribution in [0.1, 0.15) is 31.4 Å². The molecule has 16 heavy (non-hydrogen) atoms. The lowest BCUT2D eigenvalue weighted by Gasteiger charge is -2.27. The summed E-state index contributed by atoms with van der Waals surface area (Å²) in [6.07, 6.45) is 2.47. The molecule has 88 valence electrons. The summed E-state index contributed by atoms with van der Waals surface area (Å²) >= 11 is 0. The standard InChI is InChI=1S/C13H20N2O/c1-10(11-4-2-6-13(16)8-11)15-12-5-3-7-14-9-12/h2,4,6,8,10,12,14-16H,3,5,7,9H2,1H3.